The first-order chi connectivity index (χ1) is 7.61. The summed E-state index contributed by atoms with van der Waals surface area (Å²) < 4.78 is 0. The summed E-state index contributed by atoms with van der Waals surface area (Å²) in [6.45, 7) is 3.21. The zero-order valence-corrected chi connectivity index (χ0v) is 10.5. The SMILES string of the molecule is CNc1cncc(NC(C)CCN(C)C)n1. The van der Waals surface area contributed by atoms with Gasteiger partial charge in [-0.25, -0.2) is 4.98 Å². The third-order valence-corrected chi connectivity index (χ3v) is 2.29. The topological polar surface area (TPSA) is 53.1 Å². The van der Waals surface area contributed by atoms with Crippen LogP contribution in [-0.2, 0) is 0 Å². The predicted octanol–water partition coefficient (Wildman–Crippen LogP) is 1.27. The van der Waals surface area contributed by atoms with Crippen molar-refractivity contribution in [1.29, 1.82) is 0 Å². The molecule has 0 bridgehead atoms. The molecule has 1 atom stereocenters. The van der Waals surface area contributed by atoms with Gasteiger partial charge in [-0.3, -0.25) is 4.98 Å². The van der Waals surface area contributed by atoms with E-state index >= 15 is 0 Å². The van der Waals surface area contributed by atoms with Crippen molar-refractivity contribution in [3.05, 3.63) is 12.4 Å². The smallest absolute Gasteiger partial charge is 0.147 e. The molecule has 0 saturated heterocycles. The summed E-state index contributed by atoms with van der Waals surface area (Å²) in [7, 11) is 5.99. The van der Waals surface area contributed by atoms with Gasteiger partial charge in [0.1, 0.15) is 11.6 Å². The number of nitrogens with one attached hydrogen (secondary N) is 2. The highest BCUT2D eigenvalue weighted by Crippen LogP contribution is 2.08. The second-order valence-corrected chi connectivity index (χ2v) is 4.18. The van der Waals surface area contributed by atoms with Crippen LogP contribution in [-0.4, -0.2) is 48.6 Å². The van der Waals surface area contributed by atoms with Crippen LogP contribution < -0.4 is 10.6 Å². The van der Waals surface area contributed by atoms with Crippen molar-refractivity contribution in [2.24, 2.45) is 0 Å². The highest BCUT2D eigenvalue weighted by molar-refractivity contribution is 5.41. The Bertz CT molecular complexity index is 313. The van der Waals surface area contributed by atoms with E-state index in [9.17, 15) is 0 Å². The number of rotatable bonds is 6. The average Bonchev–Trinajstić information content (AvgIpc) is 2.26. The van der Waals surface area contributed by atoms with Gasteiger partial charge in [-0.2, -0.15) is 0 Å². The maximum atomic E-state index is 4.36. The van der Waals surface area contributed by atoms with Crippen LogP contribution >= 0.6 is 0 Å². The van der Waals surface area contributed by atoms with Crippen molar-refractivity contribution in [3.8, 4) is 0 Å². The molecule has 0 amide bonds. The van der Waals surface area contributed by atoms with Gasteiger partial charge in [0.2, 0.25) is 0 Å². The third kappa shape index (κ3) is 4.44. The molecule has 0 saturated carbocycles. The summed E-state index contributed by atoms with van der Waals surface area (Å²) in [6, 6.07) is 0.392. The molecule has 0 aliphatic heterocycles. The van der Waals surface area contributed by atoms with Crippen LogP contribution in [0, 0.1) is 0 Å². The van der Waals surface area contributed by atoms with Crippen LogP contribution in [0.5, 0.6) is 0 Å². The first-order valence-electron chi connectivity index (χ1n) is 5.53. The summed E-state index contributed by atoms with van der Waals surface area (Å²) in [5.41, 5.74) is 0. The number of hydrogen-bond donors (Lipinski definition) is 2. The minimum atomic E-state index is 0.392. The number of aromatic nitrogens is 2. The van der Waals surface area contributed by atoms with Crippen LogP contribution in [0.1, 0.15) is 13.3 Å². The van der Waals surface area contributed by atoms with Gasteiger partial charge in [-0.1, -0.05) is 0 Å². The van der Waals surface area contributed by atoms with Crippen molar-refractivity contribution in [2.75, 3.05) is 38.3 Å². The monoisotopic (exact) mass is 223 g/mol. The minimum absolute atomic E-state index is 0.392. The maximum absolute atomic E-state index is 4.36. The number of nitrogens with zero attached hydrogens (tertiary/aromatic N) is 3. The summed E-state index contributed by atoms with van der Waals surface area (Å²) in [5, 5.41) is 6.30. The van der Waals surface area contributed by atoms with Gasteiger partial charge in [0.25, 0.3) is 0 Å². The largest absolute Gasteiger partial charge is 0.372 e. The van der Waals surface area contributed by atoms with Crippen molar-refractivity contribution in [2.45, 2.75) is 19.4 Å². The lowest BCUT2D eigenvalue weighted by Gasteiger charge is -2.17. The van der Waals surface area contributed by atoms with Gasteiger partial charge in [0, 0.05) is 13.1 Å². The molecule has 1 rings (SSSR count). The molecule has 5 heteroatoms. The Hall–Kier alpha value is -1.36. The van der Waals surface area contributed by atoms with E-state index < -0.39 is 0 Å². The fraction of sp³-hybridized carbons (Fsp3) is 0.636. The first-order valence-corrected chi connectivity index (χ1v) is 5.53. The molecule has 0 aliphatic rings. The van der Waals surface area contributed by atoms with Gasteiger partial charge in [0.05, 0.1) is 12.4 Å². The Labute approximate surface area is 97.3 Å². The molecule has 5 nitrogen and oxygen atoms in total. The molecular formula is C11H21N5. The van der Waals surface area contributed by atoms with Crippen LogP contribution in [0.15, 0.2) is 12.4 Å². The molecule has 16 heavy (non-hydrogen) atoms. The zero-order chi connectivity index (χ0) is 12.0. The Kier molecular flexibility index (Phi) is 4.98. The van der Waals surface area contributed by atoms with Crippen molar-refractivity contribution in [1.82, 2.24) is 14.9 Å². The Balaban J connectivity index is 2.45. The van der Waals surface area contributed by atoms with Gasteiger partial charge in [-0.05, 0) is 34.0 Å². The Morgan fingerprint density at radius 2 is 2.00 bits per heavy atom. The molecule has 1 aromatic heterocycles. The minimum Gasteiger partial charge on any atom is -0.372 e. The molecule has 1 heterocycles. The second kappa shape index (κ2) is 6.27. The van der Waals surface area contributed by atoms with Gasteiger partial charge >= 0.3 is 0 Å². The first kappa shape index (κ1) is 12.7. The van der Waals surface area contributed by atoms with Crippen molar-refractivity contribution in [3.63, 3.8) is 0 Å². The van der Waals surface area contributed by atoms with E-state index in [1.54, 1.807) is 12.4 Å². The van der Waals surface area contributed by atoms with Gasteiger partial charge in [0.15, 0.2) is 0 Å². The summed E-state index contributed by atoms with van der Waals surface area (Å²) in [5.74, 6) is 1.60. The lowest BCUT2D eigenvalue weighted by atomic mass is 10.2. The lowest BCUT2D eigenvalue weighted by Crippen LogP contribution is -2.23. The highest BCUT2D eigenvalue weighted by atomic mass is 15.1. The van der Waals surface area contributed by atoms with E-state index in [0.717, 1.165) is 24.6 Å². The van der Waals surface area contributed by atoms with Crippen LogP contribution in [0.3, 0.4) is 0 Å². The lowest BCUT2D eigenvalue weighted by molar-refractivity contribution is 0.390. The third-order valence-electron chi connectivity index (χ3n) is 2.29. The normalized spacial score (nSPS) is 12.6. The predicted molar refractivity (Wildman–Crippen MR) is 67.8 cm³/mol. The summed E-state index contributed by atoms with van der Waals surface area (Å²) >= 11 is 0. The average molecular weight is 223 g/mol. The Morgan fingerprint density at radius 3 is 2.62 bits per heavy atom. The second-order valence-electron chi connectivity index (χ2n) is 4.18. The van der Waals surface area contributed by atoms with Gasteiger partial charge < -0.3 is 15.5 Å². The molecule has 1 aromatic rings. The van der Waals surface area contributed by atoms with Crippen molar-refractivity contribution >= 4 is 11.6 Å². The molecule has 0 radical (unpaired) electrons. The molecule has 0 spiro atoms. The van der Waals surface area contributed by atoms with E-state index in [1.165, 1.54) is 0 Å². The highest BCUT2D eigenvalue weighted by Gasteiger charge is 2.04. The fourth-order valence-electron chi connectivity index (χ4n) is 1.33. The molecule has 1 unspecified atom stereocenters. The van der Waals surface area contributed by atoms with E-state index in [1.807, 2.05) is 7.05 Å². The van der Waals surface area contributed by atoms with E-state index in [-0.39, 0.29) is 0 Å². The van der Waals surface area contributed by atoms with Crippen molar-refractivity contribution < 1.29 is 0 Å². The summed E-state index contributed by atoms with van der Waals surface area (Å²) in [6.07, 6.45) is 4.53. The van der Waals surface area contributed by atoms with E-state index in [2.05, 4.69) is 46.5 Å². The quantitative estimate of drug-likeness (QED) is 0.760. The molecular weight excluding hydrogens is 202 g/mol. The summed E-state index contributed by atoms with van der Waals surface area (Å²) in [4.78, 5) is 10.6. The van der Waals surface area contributed by atoms with E-state index in [4.69, 9.17) is 0 Å². The Morgan fingerprint density at radius 1 is 1.31 bits per heavy atom. The number of anilines is 2. The van der Waals surface area contributed by atoms with Crippen LogP contribution in [0.25, 0.3) is 0 Å². The van der Waals surface area contributed by atoms with E-state index in [0.29, 0.717) is 6.04 Å². The molecule has 0 aromatic carbocycles. The molecule has 90 valence electrons. The molecule has 2 N–H and O–H groups in total. The number of hydrogen-bond acceptors (Lipinski definition) is 5. The van der Waals surface area contributed by atoms with Gasteiger partial charge in [-0.15, -0.1) is 0 Å². The van der Waals surface area contributed by atoms with Crippen LogP contribution in [0.4, 0.5) is 11.6 Å². The maximum Gasteiger partial charge on any atom is 0.147 e. The standard InChI is InChI=1S/C11H21N5/c1-9(5-6-16(3)4)14-11-8-13-7-10(12-2)15-11/h7-9H,5-6H2,1-4H3,(H2,12,14,15). The zero-order valence-electron chi connectivity index (χ0n) is 10.5. The fourth-order valence-corrected chi connectivity index (χ4v) is 1.33. The molecule has 0 fully saturated rings. The van der Waals surface area contributed by atoms with Crippen LogP contribution in [0.2, 0.25) is 0 Å². The molecule has 0 aliphatic carbocycles.